The van der Waals surface area contributed by atoms with Crippen molar-refractivity contribution in [3.05, 3.63) is 63.7 Å². The number of nitro benzene ring substituents is 1. The van der Waals surface area contributed by atoms with Crippen molar-refractivity contribution in [2.45, 2.75) is 10.9 Å². The molecule has 26 heavy (non-hydrogen) atoms. The molecule has 0 aliphatic carbocycles. The lowest BCUT2D eigenvalue weighted by molar-refractivity contribution is -0.385. The molecule has 130 valence electrons. The van der Waals surface area contributed by atoms with E-state index in [1.807, 2.05) is 28.7 Å². The van der Waals surface area contributed by atoms with Gasteiger partial charge in [0, 0.05) is 22.9 Å². The number of hydrogen-bond acceptors (Lipinski definition) is 7. The first kappa shape index (κ1) is 16.5. The predicted molar refractivity (Wildman–Crippen MR) is 99.5 cm³/mol. The molecule has 2 heterocycles. The molecule has 0 bridgehead atoms. The molecule has 1 amide bonds. The summed E-state index contributed by atoms with van der Waals surface area (Å²) in [4.78, 5) is 22.8. The fourth-order valence-electron chi connectivity index (χ4n) is 2.60. The van der Waals surface area contributed by atoms with Crippen LogP contribution in [0.3, 0.4) is 0 Å². The van der Waals surface area contributed by atoms with Gasteiger partial charge in [0.15, 0.2) is 5.16 Å². The van der Waals surface area contributed by atoms with Crippen LogP contribution in [0.15, 0.2) is 47.6 Å². The van der Waals surface area contributed by atoms with E-state index in [9.17, 15) is 14.9 Å². The Morgan fingerprint density at radius 2 is 2.08 bits per heavy atom. The SMILES string of the molecule is NC(=O)c1ccc(CSc2nnc3sc4ccccc4n23)c([N+](=O)[O-])c1. The maximum Gasteiger partial charge on any atom is 0.274 e. The van der Waals surface area contributed by atoms with Crippen LogP contribution in [0.25, 0.3) is 15.2 Å². The number of para-hydroxylation sites is 1. The molecular formula is C16H11N5O3S2. The molecule has 0 aliphatic rings. The standard InChI is InChI=1S/C16H11N5O3S2/c17-14(22)9-5-6-10(12(7-9)21(23)24)8-25-15-18-19-16-20(15)11-3-1-2-4-13(11)26-16/h1-7H,8H2,(H2,17,22). The number of hydrogen-bond donors (Lipinski definition) is 1. The van der Waals surface area contributed by atoms with Crippen molar-refractivity contribution in [3.8, 4) is 0 Å². The Bertz CT molecular complexity index is 1170. The Morgan fingerprint density at radius 1 is 1.27 bits per heavy atom. The zero-order valence-electron chi connectivity index (χ0n) is 13.2. The molecule has 2 aromatic heterocycles. The highest BCUT2D eigenvalue weighted by Gasteiger charge is 2.18. The molecule has 0 saturated heterocycles. The molecule has 0 radical (unpaired) electrons. The van der Waals surface area contributed by atoms with Gasteiger partial charge in [-0.2, -0.15) is 0 Å². The molecule has 0 saturated carbocycles. The fraction of sp³-hybridized carbons (Fsp3) is 0.0625. The molecule has 0 spiro atoms. The number of benzene rings is 2. The lowest BCUT2D eigenvalue weighted by atomic mass is 10.1. The lowest BCUT2D eigenvalue weighted by Crippen LogP contribution is -2.11. The minimum Gasteiger partial charge on any atom is -0.366 e. The van der Waals surface area contributed by atoms with Gasteiger partial charge in [-0.25, -0.2) is 0 Å². The van der Waals surface area contributed by atoms with Gasteiger partial charge >= 0.3 is 0 Å². The number of primary amides is 1. The van der Waals surface area contributed by atoms with Crippen molar-refractivity contribution >= 4 is 49.9 Å². The molecule has 8 nitrogen and oxygen atoms in total. The molecule has 4 aromatic rings. The Morgan fingerprint density at radius 3 is 2.85 bits per heavy atom. The largest absolute Gasteiger partial charge is 0.366 e. The highest BCUT2D eigenvalue weighted by Crippen LogP contribution is 2.32. The second kappa shape index (κ2) is 6.39. The molecule has 4 rings (SSSR count). The Hall–Kier alpha value is -2.98. The number of amides is 1. The third kappa shape index (κ3) is 2.78. The summed E-state index contributed by atoms with van der Waals surface area (Å²) < 4.78 is 3.03. The highest BCUT2D eigenvalue weighted by molar-refractivity contribution is 7.98. The van der Waals surface area contributed by atoms with Crippen LogP contribution in [0.2, 0.25) is 0 Å². The number of thioether (sulfide) groups is 1. The minimum absolute atomic E-state index is 0.110. The Labute approximate surface area is 154 Å². The number of rotatable bonds is 5. The summed E-state index contributed by atoms with van der Waals surface area (Å²) in [6, 6.07) is 12.1. The number of nitrogens with two attached hydrogens (primary N) is 1. The lowest BCUT2D eigenvalue weighted by Gasteiger charge is -2.04. The second-order valence-electron chi connectivity index (χ2n) is 5.42. The smallest absolute Gasteiger partial charge is 0.274 e. The summed E-state index contributed by atoms with van der Waals surface area (Å²) >= 11 is 2.88. The van der Waals surface area contributed by atoms with Crippen LogP contribution in [0.4, 0.5) is 5.69 Å². The molecule has 0 unspecified atom stereocenters. The van der Waals surface area contributed by atoms with Crippen molar-refractivity contribution < 1.29 is 9.72 Å². The van der Waals surface area contributed by atoms with E-state index in [-0.39, 0.29) is 11.3 Å². The number of carbonyl (C=O) groups excluding carboxylic acids is 1. The van der Waals surface area contributed by atoms with Crippen LogP contribution >= 0.6 is 23.1 Å². The van der Waals surface area contributed by atoms with Crippen LogP contribution in [0, 0.1) is 10.1 Å². The molecule has 2 aromatic carbocycles. The van der Waals surface area contributed by atoms with E-state index < -0.39 is 10.8 Å². The average molecular weight is 385 g/mol. The fourth-order valence-corrected chi connectivity index (χ4v) is 4.56. The zero-order valence-corrected chi connectivity index (χ0v) is 14.8. The van der Waals surface area contributed by atoms with Gasteiger partial charge in [0.05, 0.1) is 15.1 Å². The monoisotopic (exact) mass is 385 g/mol. The predicted octanol–water partition coefficient (Wildman–Crippen LogP) is 3.24. The number of thiazole rings is 1. The van der Waals surface area contributed by atoms with E-state index >= 15 is 0 Å². The second-order valence-corrected chi connectivity index (χ2v) is 7.38. The number of aromatic nitrogens is 3. The number of fused-ring (bicyclic) bond motifs is 3. The van der Waals surface area contributed by atoms with Gasteiger partial charge in [-0.1, -0.05) is 41.3 Å². The quantitative estimate of drug-likeness (QED) is 0.320. The van der Waals surface area contributed by atoms with E-state index in [2.05, 4.69) is 10.2 Å². The van der Waals surface area contributed by atoms with Crippen molar-refractivity contribution in [1.82, 2.24) is 14.6 Å². The normalized spacial score (nSPS) is 11.2. The highest BCUT2D eigenvalue weighted by atomic mass is 32.2. The van der Waals surface area contributed by atoms with E-state index in [1.165, 1.54) is 35.2 Å². The Balaban J connectivity index is 1.68. The summed E-state index contributed by atoms with van der Waals surface area (Å²) in [5.74, 6) is -0.378. The van der Waals surface area contributed by atoms with Gasteiger partial charge in [-0.3, -0.25) is 19.3 Å². The van der Waals surface area contributed by atoms with E-state index in [0.29, 0.717) is 16.5 Å². The van der Waals surface area contributed by atoms with Gasteiger partial charge in [-0.05, 0) is 18.2 Å². The van der Waals surface area contributed by atoms with Gasteiger partial charge in [-0.15, -0.1) is 10.2 Å². The minimum atomic E-state index is -0.698. The van der Waals surface area contributed by atoms with Crippen LogP contribution in [-0.4, -0.2) is 25.4 Å². The maximum atomic E-state index is 11.3. The van der Waals surface area contributed by atoms with Crippen LogP contribution in [0.1, 0.15) is 15.9 Å². The first-order chi connectivity index (χ1) is 12.5. The van der Waals surface area contributed by atoms with Gasteiger partial charge in [0.2, 0.25) is 10.9 Å². The van der Waals surface area contributed by atoms with Crippen LogP contribution in [0.5, 0.6) is 0 Å². The average Bonchev–Trinajstić information content (AvgIpc) is 3.18. The van der Waals surface area contributed by atoms with E-state index in [4.69, 9.17) is 5.73 Å². The molecular weight excluding hydrogens is 374 g/mol. The zero-order chi connectivity index (χ0) is 18.3. The van der Waals surface area contributed by atoms with Gasteiger partial charge < -0.3 is 5.73 Å². The first-order valence-electron chi connectivity index (χ1n) is 7.47. The van der Waals surface area contributed by atoms with Gasteiger partial charge in [0.25, 0.3) is 5.69 Å². The third-order valence-electron chi connectivity index (χ3n) is 3.83. The van der Waals surface area contributed by atoms with Crippen molar-refractivity contribution in [2.75, 3.05) is 0 Å². The molecule has 0 fully saturated rings. The molecule has 0 atom stereocenters. The van der Waals surface area contributed by atoms with Gasteiger partial charge in [0.1, 0.15) is 0 Å². The van der Waals surface area contributed by atoms with Crippen molar-refractivity contribution in [2.24, 2.45) is 5.73 Å². The number of carbonyl (C=O) groups is 1. The number of nitrogens with zero attached hydrogens (tertiary/aromatic N) is 4. The number of nitro groups is 1. The van der Waals surface area contributed by atoms with Crippen LogP contribution < -0.4 is 5.73 Å². The summed E-state index contributed by atoms with van der Waals surface area (Å²) in [5, 5.41) is 20.3. The molecule has 10 heteroatoms. The molecule has 0 aliphatic heterocycles. The van der Waals surface area contributed by atoms with Crippen molar-refractivity contribution in [3.63, 3.8) is 0 Å². The Kier molecular flexibility index (Phi) is 4.05. The van der Waals surface area contributed by atoms with Crippen LogP contribution in [-0.2, 0) is 5.75 Å². The summed E-state index contributed by atoms with van der Waals surface area (Å²) in [6.45, 7) is 0. The van der Waals surface area contributed by atoms with Crippen molar-refractivity contribution in [1.29, 1.82) is 0 Å². The summed E-state index contributed by atoms with van der Waals surface area (Å²) in [7, 11) is 0. The maximum absolute atomic E-state index is 11.3. The summed E-state index contributed by atoms with van der Waals surface area (Å²) in [6.07, 6.45) is 0. The topological polar surface area (TPSA) is 116 Å². The molecule has 2 N–H and O–H groups in total. The first-order valence-corrected chi connectivity index (χ1v) is 9.27. The van der Waals surface area contributed by atoms with E-state index in [0.717, 1.165) is 15.2 Å². The summed E-state index contributed by atoms with van der Waals surface area (Å²) in [5.41, 5.74) is 6.66. The third-order valence-corrected chi connectivity index (χ3v) is 5.82. The van der Waals surface area contributed by atoms with E-state index in [1.54, 1.807) is 6.07 Å².